The Morgan fingerprint density at radius 3 is 2.94 bits per heavy atom. The molecule has 1 amide bonds. The van der Waals surface area contributed by atoms with E-state index in [0.717, 1.165) is 65.8 Å². The van der Waals surface area contributed by atoms with Crippen molar-refractivity contribution in [3.05, 3.63) is 53.2 Å². The first kappa shape index (κ1) is 21.4. The van der Waals surface area contributed by atoms with Gasteiger partial charge in [0.1, 0.15) is 5.82 Å². The molecule has 5 rings (SSSR count). The number of likely N-dealkylation sites (tertiary alicyclic amines) is 1. The number of piperidine rings is 1. The van der Waals surface area contributed by atoms with Crippen LogP contribution in [0.2, 0.25) is 0 Å². The standard InChI is InChI=1S/C24H27N5O4/c1-15-8-21(33-28-15)19-11-25-16(2)27-24(19)18-4-3-7-29(12-18)13-23(30)26-10-17-5-6-20-22(9-17)32-14-31-20/h5-6,8-9,11,18H,3-4,7,10,12-14H2,1-2H3,(H,26,30)/t18-/m0/s1. The minimum atomic E-state index is -0.00160. The highest BCUT2D eigenvalue weighted by atomic mass is 16.7. The van der Waals surface area contributed by atoms with Crippen LogP contribution in [0.4, 0.5) is 0 Å². The number of hydrogen-bond acceptors (Lipinski definition) is 8. The molecule has 2 aliphatic heterocycles. The maximum absolute atomic E-state index is 12.6. The van der Waals surface area contributed by atoms with Gasteiger partial charge in [-0.15, -0.1) is 0 Å². The highest BCUT2D eigenvalue weighted by Gasteiger charge is 2.27. The number of carbonyl (C=O) groups is 1. The smallest absolute Gasteiger partial charge is 0.234 e. The number of amides is 1. The summed E-state index contributed by atoms with van der Waals surface area (Å²) in [4.78, 5) is 24.0. The number of rotatable bonds is 6. The molecular formula is C24H27N5O4. The van der Waals surface area contributed by atoms with Crippen LogP contribution in [-0.2, 0) is 11.3 Å². The Hall–Kier alpha value is -3.46. The van der Waals surface area contributed by atoms with Gasteiger partial charge >= 0.3 is 0 Å². The molecule has 172 valence electrons. The van der Waals surface area contributed by atoms with Crippen LogP contribution in [0.15, 0.2) is 35.0 Å². The molecule has 9 heteroatoms. The third-order valence-electron chi connectivity index (χ3n) is 6.02. The number of aryl methyl sites for hydroxylation is 2. The van der Waals surface area contributed by atoms with Crippen molar-refractivity contribution in [1.82, 2.24) is 25.3 Å². The van der Waals surface area contributed by atoms with E-state index in [1.54, 1.807) is 0 Å². The molecule has 0 radical (unpaired) electrons. The number of carbonyl (C=O) groups excluding carboxylic acids is 1. The van der Waals surface area contributed by atoms with Crippen LogP contribution in [0.1, 0.15) is 41.5 Å². The van der Waals surface area contributed by atoms with E-state index >= 15 is 0 Å². The van der Waals surface area contributed by atoms with E-state index in [0.29, 0.717) is 18.8 Å². The van der Waals surface area contributed by atoms with E-state index in [9.17, 15) is 4.79 Å². The van der Waals surface area contributed by atoms with Crippen molar-refractivity contribution in [1.29, 1.82) is 0 Å². The van der Waals surface area contributed by atoms with Gasteiger partial charge < -0.3 is 19.3 Å². The molecule has 2 aliphatic rings. The number of aromatic nitrogens is 3. The van der Waals surface area contributed by atoms with Crippen LogP contribution in [0.3, 0.4) is 0 Å². The number of nitrogens with zero attached hydrogens (tertiary/aromatic N) is 4. The Kier molecular flexibility index (Phi) is 5.95. The van der Waals surface area contributed by atoms with E-state index in [-0.39, 0.29) is 18.6 Å². The Bertz CT molecular complexity index is 1160. The predicted molar refractivity (Wildman–Crippen MR) is 120 cm³/mol. The molecule has 9 nitrogen and oxygen atoms in total. The minimum absolute atomic E-state index is 0.00160. The maximum atomic E-state index is 12.6. The third kappa shape index (κ3) is 4.83. The van der Waals surface area contributed by atoms with Gasteiger partial charge in [0.2, 0.25) is 12.7 Å². The highest BCUT2D eigenvalue weighted by Crippen LogP contribution is 2.34. The summed E-state index contributed by atoms with van der Waals surface area (Å²) in [5.41, 5.74) is 3.64. The van der Waals surface area contributed by atoms with E-state index in [1.807, 2.05) is 44.3 Å². The van der Waals surface area contributed by atoms with E-state index in [4.69, 9.17) is 19.0 Å². The number of hydrogen-bond donors (Lipinski definition) is 1. The van der Waals surface area contributed by atoms with Gasteiger partial charge in [-0.25, -0.2) is 9.97 Å². The molecule has 0 unspecified atom stereocenters. The topological polar surface area (TPSA) is 103 Å². The van der Waals surface area contributed by atoms with Crippen LogP contribution in [0.25, 0.3) is 11.3 Å². The quantitative estimate of drug-likeness (QED) is 0.613. The van der Waals surface area contributed by atoms with E-state index in [1.165, 1.54) is 0 Å². The van der Waals surface area contributed by atoms with Crippen LogP contribution in [-0.4, -0.2) is 52.4 Å². The lowest BCUT2D eigenvalue weighted by molar-refractivity contribution is -0.122. The Labute approximate surface area is 192 Å². The lowest BCUT2D eigenvalue weighted by Gasteiger charge is -2.32. The van der Waals surface area contributed by atoms with E-state index in [2.05, 4.69) is 20.4 Å². The Morgan fingerprint density at radius 2 is 2.09 bits per heavy atom. The second kappa shape index (κ2) is 9.19. The summed E-state index contributed by atoms with van der Waals surface area (Å²) in [6.45, 7) is 6.47. The lowest BCUT2D eigenvalue weighted by atomic mass is 9.91. The van der Waals surface area contributed by atoms with Crippen LogP contribution < -0.4 is 14.8 Å². The summed E-state index contributed by atoms with van der Waals surface area (Å²) >= 11 is 0. The Balaban J connectivity index is 1.22. The zero-order valence-corrected chi connectivity index (χ0v) is 18.8. The van der Waals surface area contributed by atoms with Crippen molar-refractivity contribution >= 4 is 5.91 Å². The van der Waals surface area contributed by atoms with Gasteiger partial charge in [-0.1, -0.05) is 11.2 Å². The average Bonchev–Trinajstić information content (AvgIpc) is 3.46. The molecule has 1 atom stereocenters. The minimum Gasteiger partial charge on any atom is -0.454 e. The summed E-state index contributed by atoms with van der Waals surface area (Å²) in [6.07, 6.45) is 3.82. The summed E-state index contributed by atoms with van der Waals surface area (Å²) in [5, 5.41) is 7.03. The van der Waals surface area contributed by atoms with Crippen molar-refractivity contribution in [2.45, 2.75) is 39.2 Å². The molecule has 1 saturated heterocycles. The van der Waals surface area contributed by atoms with Crippen LogP contribution >= 0.6 is 0 Å². The van der Waals surface area contributed by atoms with Gasteiger partial charge in [-0.3, -0.25) is 9.69 Å². The normalized spacial score (nSPS) is 17.8. The SMILES string of the molecule is Cc1cc(-c2cnc(C)nc2[C@H]2CCCN(CC(=O)NCc3ccc4c(c3)OCO4)C2)on1. The Morgan fingerprint density at radius 1 is 1.21 bits per heavy atom. The summed E-state index contributed by atoms with van der Waals surface area (Å²) in [5.74, 6) is 3.06. The number of fused-ring (bicyclic) bond motifs is 1. The lowest BCUT2D eigenvalue weighted by Crippen LogP contribution is -2.42. The van der Waals surface area contributed by atoms with Gasteiger partial charge in [0.15, 0.2) is 17.3 Å². The van der Waals surface area contributed by atoms with Crippen molar-refractivity contribution in [3.63, 3.8) is 0 Å². The van der Waals surface area contributed by atoms with Gasteiger partial charge in [0.25, 0.3) is 0 Å². The molecule has 0 aliphatic carbocycles. The first-order valence-electron chi connectivity index (χ1n) is 11.2. The molecule has 1 N–H and O–H groups in total. The molecule has 33 heavy (non-hydrogen) atoms. The molecule has 1 fully saturated rings. The largest absolute Gasteiger partial charge is 0.454 e. The van der Waals surface area contributed by atoms with Gasteiger partial charge in [-0.2, -0.15) is 0 Å². The first-order valence-corrected chi connectivity index (χ1v) is 11.2. The van der Waals surface area contributed by atoms with Crippen molar-refractivity contribution in [2.75, 3.05) is 26.4 Å². The third-order valence-corrected chi connectivity index (χ3v) is 6.02. The average molecular weight is 450 g/mol. The number of benzene rings is 1. The second-order valence-electron chi connectivity index (χ2n) is 8.59. The molecule has 2 aromatic heterocycles. The fourth-order valence-electron chi connectivity index (χ4n) is 4.41. The summed E-state index contributed by atoms with van der Waals surface area (Å²) in [7, 11) is 0. The summed E-state index contributed by atoms with van der Waals surface area (Å²) < 4.78 is 16.2. The van der Waals surface area contributed by atoms with Gasteiger partial charge in [0.05, 0.1) is 23.5 Å². The molecule has 3 aromatic rings. The van der Waals surface area contributed by atoms with Crippen LogP contribution in [0, 0.1) is 13.8 Å². The molecule has 0 saturated carbocycles. The highest BCUT2D eigenvalue weighted by molar-refractivity contribution is 5.78. The molecular weight excluding hydrogens is 422 g/mol. The maximum Gasteiger partial charge on any atom is 0.234 e. The van der Waals surface area contributed by atoms with Crippen molar-refractivity contribution in [2.24, 2.45) is 0 Å². The van der Waals surface area contributed by atoms with Crippen molar-refractivity contribution in [3.8, 4) is 22.8 Å². The fourth-order valence-corrected chi connectivity index (χ4v) is 4.41. The molecule has 0 spiro atoms. The zero-order chi connectivity index (χ0) is 22.8. The second-order valence-corrected chi connectivity index (χ2v) is 8.59. The van der Waals surface area contributed by atoms with Gasteiger partial charge in [0, 0.05) is 31.3 Å². The van der Waals surface area contributed by atoms with Crippen LogP contribution in [0.5, 0.6) is 11.5 Å². The van der Waals surface area contributed by atoms with Crippen molar-refractivity contribution < 1.29 is 18.8 Å². The molecule has 4 heterocycles. The molecule has 1 aromatic carbocycles. The molecule has 0 bridgehead atoms. The summed E-state index contributed by atoms with van der Waals surface area (Å²) in [6, 6.07) is 7.62. The monoisotopic (exact) mass is 449 g/mol. The fraction of sp³-hybridized carbons (Fsp3) is 0.417. The van der Waals surface area contributed by atoms with E-state index < -0.39 is 0 Å². The first-order chi connectivity index (χ1) is 16.0. The van der Waals surface area contributed by atoms with Gasteiger partial charge in [-0.05, 0) is 50.9 Å². The predicted octanol–water partition coefficient (Wildman–Crippen LogP) is 2.97. The number of nitrogens with one attached hydrogen (secondary N) is 1. The number of ether oxygens (including phenoxy) is 2. The zero-order valence-electron chi connectivity index (χ0n) is 18.8.